The lowest BCUT2D eigenvalue weighted by Crippen LogP contribution is -2.22. The van der Waals surface area contributed by atoms with E-state index in [1.165, 1.54) is 11.1 Å². The zero-order valence-corrected chi connectivity index (χ0v) is 12.3. The number of nitrogens with zero attached hydrogens (tertiary/aromatic N) is 2. The standard InChI is InChI=1S/C17H19N3O/c1-3-20(11-13-7-5-4-6-12(13)2)17-19-15-9-8-14(18)10-16(15)21-17/h4-10H,3,11,18H2,1-2H3. The first kappa shape index (κ1) is 13.5. The Balaban J connectivity index is 1.93. The van der Waals surface area contributed by atoms with Crippen LogP contribution in [0, 0.1) is 6.92 Å². The topological polar surface area (TPSA) is 55.3 Å². The molecule has 0 aliphatic heterocycles. The fourth-order valence-corrected chi connectivity index (χ4v) is 2.37. The van der Waals surface area contributed by atoms with Gasteiger partial charge in [-0.15, -0.1) is 0 Å². The number of nitrogens with two attached hydrogens (primary N) is 1. The van der Waals surface area contributed by atoms with Crippen molar-refractivity contribution in [1.82, 2.24) is 4.98 Å². The summed E-state index contributed by atoms with van der Waals surface area (Å²) < 4.78 is 5.85. The molecular formula is C17H19N3O. The minimum atomic E-state index is 0.640. The molecule has 1 aromatic heterocycles. The Kier molecular flexibility index (Phi) is 3.52. The van der Waals surface area contributed by atoms with E-state index in [-0.39, 0.29) is 0 Å². The largest absolute Gasteiger partial charge is 0.423 e. The molecule has 0 saturated carbocycles. The zero-order chi connectivity index (χ0) is 14.8. The number of aromatic nitrogens is 1. The molecule has 0 spiro atoms. The van der Waals surface area contributed by atoms with Gasteiger partial charge >= 0.3 is 0 Å². The van der Waals surface area contributed by atoms with E-state index >= 15 is 0 Å². The molecular weight excluding hydrogens is 262 g/mol. The molecule has 2 aromatic carbocycles. The molecule has 1 heterocycles. The van der Waals surface area contributed by atoms with Crippen LogP contribution in [0.25, 0.3) is 11.1 Å². The molecule has 0 bridgehead atoms. The first-order chi connectivity index (χ1) is 10.2. The molecule has 3 aromatic rings. The Morgan fingerprint density at radius 2 is 2.00 bits per heavy atom. The van der Waals surface area contributed by atoms with Crippen LogP contribution in [0.2, 0.25) is 0 Å². The minimum Gasteiger partial charge on any atom is -0.423 e. The summed E-state index contributed by atoms with van der Waals surface area (Å²) >= 11 is 0. The number of nitrogen functional groups attached to an aromatic ring is 1. The number of anilines is 2. The highest BCUT2D eigenvalue weighted by Crippen LogP contribution is 2.25. The zero-order valence-electron chi connectivity index (χ0n) is 12.3. The molecule has 0 radical (unpaired) electrons. The normalized spacial score (nSPS) is 11.0. The fourth-order valence-electron chi connectivity index (χ4n) is 2.37. The maximum Gasteiger partial charge on any atom is 0.298 e. The second-order valence-electron chi connectivity index (χ2n) is 5.16. The molecule has 4 heteroatoms. The van der Waals surface area contributed by atoms with E-state index in [2.05, 4.69) is 48.0 Å². The third-order valence-corrected chi connectivity index (χ3v) is 3.68. The van der Waals surface area contributed by atoms with E-state index in [1.807, 2.05) is 18.2 Å². The second kappa shape index (κ2) is 5.48. The summed E-state index contributed by atoms with van der Waals surface area (Å²) in [6, 6.07) is 14.6. The number of aryl methyl sites for hydroxylation is 1. The first-order valence-electron chi connectivity index (χ1n) is 7.13. The van der Waals surface area contributed by atoms with Gasteiger partial charge in [0.05, 0.1) is 0 Å². The number of fused-ring (bicyclic) bond motifs is 1. The molecule has 4 nitrogen and oxygen atoms in total. The molecule has 0 aliphatic carbocycles. The SMILES string of the molecule is CCN(Cc1ccccc1C)c1nc2ccc(N)cc2o1. The minimum absolute atomic E-state index is 0.640. The van der Waals surface area contributed by atoms with Crippen LogP contribution in [0.15, 0.2) is 46.9 Å². The summed E-state index contributed by atoms with van der Waals surface area (Å²) in [4.78, 5) is 6.68. The van der Waals surface area contributed by atoms with Crippen molar-refractivity contribution in [2.24, 2.45) is 0 Å². The molecule has 0 aliphatic rings. The van der Waals surface area contributed by atoms with Crippen LogP contribution in [0.1, 0.15) is 18.1 Å². The Bertz CT molecular complexity index is 764. The van der Waals surface area contributed by atoms with Gasteiger partial charge in [0.2, 0.25) is 0 Å². The lowest BCUT2D eigenvalue weighted by atomic mass is 10.1. The predicted molar refractivity (Wildman–Crippen MR) is 86.3 cm³/mol. The smallest absolute Gasteiger partial charge is 0.298 e. The van der Waals surface area contributed by atoms with Gasteiger partial charge in [-0.3, -0.25) is 0 Å². The van der Waals surface area contributed by atoms with Crippen LogP contribution < -0.4 is 10.6 Å². The van der Waals surface area contributed by atoms with E-state index in [0.29, 0.717) is 11.7 Å². The third kappa shape index (κ3) is 2.70. The molecule has 0 fully saturated rings. The quantitative estimate of drug-likeness (QED) is 0.740. The Morgan fingerprint density at radius 3 is 2.76 bits per heavy atom. The van der Waals surface area contributed by atoms with Gasteiger partial charge in [-0.2, -0.15) is 4.98 Å². The van der Waals surface area contributed by atoms with E-state index in [9.17, 15) is 0 Å². The number of rotatable bonds is 4. The maximum absolute atomic E-state index is 5.85. The van der Waals surface area contributed by atoms with Crippen molar-refractivity contribution >= 4 is 22.8 Å². The van der Waals surface area contributed by atoms with Gasteiger partial charge in [0, 0.05) is 24.8 Å². The van der Waals surface area contributed by atoms with E-state index < -0.39 is 0 Å². The lowest BCUT2D eigenvalue weighted by Gasteiger charge is -2.19. The highest BCUT2D eigenvalue weighted by Gasteiger charge is 2.14. The summed E-state index contributed by atoms with van der Waals surface area (Å²) in [6.07, 6.45) is 0. The summed E-state index contributed by atoms with van der Waals surface area (Å²) in [5.74, 6) is 0. The number of benzene rings is 2. The van der Waals surface area contributed by atoms with Gasteiger partial charge in [-0.1, -0.05) is 24.3 Å². The van der Waals surface area contributed by atoms with E-state index in [1.54, 1.807) is 0 Å². The summed E-state index contributed by atoms with van der Waals surface area (Å²) in [7, 11) is 0. The molecule has 0 unspecified atom stereocenters. The second-order valence-corrected chi connectivity index (χ2v) is 5.16. The average Bonchev–Trinajstić information content (AvgIpc) is 2.89. The Morgan fingerprint density at radius 1 is 1.19 bits per heavy atom. The van der Waals surface area contributed by atoms with Gasteiger partial charge in [0.25, 0.3) is 6.01 Å². The van der Waals surface area contributed by atoms with Crippen LogP contribution >= 0.6 is 0 Å². The predicted octanol–water partition coefficient (Wildman–Crippen LogP) is 3.74. The van der Waals surface area contributed by atoms with Gasteiger partial charge in [-0.25, -0.2) is 0 Å². The monoisotopic (exact) mass is 281 g/mol. The number of hydrogen-bond donors (Lipinski definition) is 1. The van der Waals surface area contributed by atoms with Crippen LogP contribution in [-0.2, 0) is 6.54 Å². The van der Waals surface area contributed by atoms with Crippen molar-refractivity contribution in [2.75, 3.05) is 17.2 Å². The van der Waals surface area contributed by atoms with Gasteiger partial charge in [0.15, 0.2) is 5.58 Å². The van der Waals surface area contributed by atoms with Crippen molar-refractivity contribution in [2.45, 2.75) is 20.4 Å². The molecule has 2 N–H and O–H groups in total. The van der Waals surface area contributed by atoms with Crippen molar-refractivity contribution in [3.63, 3.8) is 0 Å². The highest BCUT2D eigenvalue weighted by atomic mass is 16.4. The first-order valence-corrected chi connectivity index (χ1v) is 7.13. The van der Waals surface area contributed by atoms with E-state index in [4.69, 9.17) is 10.2 Å². The van der Waals surface area contributed by atoms with Crippen molar-refractivity contribution < 1.29 is 4.42 Å². The van der Waals surface area contributed by atoms with Crippen molar-refractivity contribution in [1.29, 1.82) is 0 Å². The highest BCUT2D eigenvalue weighted by molar-refractivity contribution is 5.78. The maximum atomic E-state index is 5.85. The van der Waals surface area contributed by atoms with Crippen LogP contribution in [-0.4, -0.2) is 11.5 Å². The van der Waals surface area contributed by atoms with Crippen molar-refractivity contribution in [3.8, 4) is 0 Å². The van der Waals surface area contributed by atoms with E-state index in [0.717, 1.165) is 24.2 Å². The third-order valence-electron chi connectivity index (χ3n) is 3.68. The Labute approximate surface area is 124 Å². The molecule has 0 amide bonds. The lowest BCUT2D eigenvalue weighted by molar-refractivity contribution is 0.569. The molecule has 21 heavy (non-hydrogen) atoms. The van der Waals surface area contributed by atoms with Gasteiger partial charge in [-0.05, 0) is 37.1 Å². The summed E-state index contributed by atoms with van der Waals surface area (Å²) in [5, 5.41) is 0. The molecule has 0 atom stereocenters. The Hall–Kier alpha value is -2.49. The van der Waals surface area contributed by atoms with Gasteiger partial charge in [0.1, 0.15) is 5.52 Å². The molecule has 108 valence electrons. The molecule has 0 saturated heterocycles. The molecule has 3 rings (SSSR count). The van der Waals surface area contributed by atoms with Crippen LogP contribution in [0.4, 0.5) is 11.7 Å². The number of hydrogen-bond acceptors (Lipinski definition) is 4. The summed E-state index contributed by atoms with van der Waals surface area (Å²) in [6.45, 7) is 5.83. The van der Waals surface area contributed by atoms with Crippen LogP contribution in [0.5, 0.6) is 0 Å². The number of oxazole rings is 1. The van der Waals surface area contributed by atoms with Crippen molar-refractivity contribution in [3.05, 3.63) is 53.6 Å². The average molecular weight is 281 g/mol. The van der Waals surface area contributed by atoms with Gasteiger partial charge < -0.3 is 15.1 Å². The fraction of sp³-hybridized carbons (Fsp3) is 0.235. The summed E-state index contributed by atoms with van der Waals surface area (Å²) in [5.41, 5.74) is 10.6. The van der Waals surface area contributed by atoms with Crippen LogP contribution in [0.3, 0.4) is 0 Å².